The Morgan fingerprint density at radius 2 is 0.979 bits per heavy atom. The molecule has 0 unspecified atom stereocenters. The molecule has 1 aliphatic heterocycles. The molecule has 0 aromatic heterocycles. The summed E-state index contributed by atoms with van der Waals surface area (Å²) < 4.78 is 2.91. The minimum absolute atomic E-state index is 0.375. The second-order valence-electron chi connectivity index (χ2n) is 23.2. The van der Waals surface area contributed by atoms with Crippen molar-refractivity contribution in [2.45, 2.75) is 169 Å². The van der Waals surface area contributed by atoms with Crippen molar-refractivity contribution in [2.75, 3.05) is 0 Å². The number of rotatable bonds is 11. The van der Waals surface area contributed by atoms with Gasteiger partial charge in [-0.25, -0.2) is 0 Å². The molecule has 0 spiro atoms. The summed E-state index contributed by atoms with van der Waals surface area (Å²) in [6, 6.07) is 6.04. The zero-order valence-corrected chi connectivity index (χ0v) is 46.2. The van der Waals surface area contributed by atoms with E-state index in [-0.39, 0.29) is 0 Å². The predicted molar refractivity (Wildman–Crippen MR) is 251 cm³/mol. The van der Waals surface area contributed by atoms with Crippen molar-refractivity contribution in [3.63, 3.8) is 0 Å². The van der Waals surface area contributed by atoms with E-state index in [1.165, 1.54) is 5.25 Å². The molecule has 0 fully saturated rings. The van der Waals surface area contributed by atoms with Crippen molar-refractivity contribution >= 4 is 86.3 Å². The van der Waals surface area contributed by atoms with Crippen LogP contribution in [0.2, 0.25) is 147 Å². The SMILES string of the molecule is C[Si](C)(C)C(c1cc(C([Si](C)(C)C)([Si](C)(C)C)[Si](C)(C)C)cc(C([Si](C)(C)C)[Si](C)(C)C)[c]1[Ge@@]1([Br])[CH2]C=C2CC=CC=C[C@@H]21)[Si](C)(C)C. The molecular weight excluding hydrogens is 818 g/mol. The molecule has 0 saturated carbocycles. The van der Waals surface area contributed by atoms with Crippen LogP contribution in [0.4, 0.5) is 0 Å². The summed E-state index contributed by atoms with van der Waals surface area (Å²) in [7, 11) is -11.6. The van der Waals surface area contributed by atoms with Crippen LogP contribution in [0.25, 0.3) is 0 Å². The van der Waals surface area contributed by atoms with Gasteiger partial charge in [-0.2, -0.15) is 0 Å². The number of hydrogen-bond donors (Lipinski definition) is 0. The van der Waals surface area contributed by atoms with E-state index in [0.29, 0.717) is 9.04 Å². The number of benzene rings is 1. The third-order valence-corrected chi connectivity index (χ3v) is 65.8. The summed E-state index contributed by atoms with van der Waals surface area (Å²) in [6.45, 7) is 57.6. The summed E-state index contributed by atoms with van der Waals surface area (Å²) >= 11 is 2.05. The Hall–Kier alpha value is 0.981. The van der Waals surface area contributed by atoms with Gasteiger partial charge in [0.1, 0.15) is 0 Å². The van der Waals surface area contributed by atoms with Gasteiger partial charge in [-0.1, -0.05) is 0 Å². The summed E-state index contributed by atoms with van der Waals surface area (Å²) in [5.74, 6) is 0. The van der Waals surface area contributed by atoms with Crippen molar-refractivity contribution in [1.29, 1.82) is 0 Å². The first-order valence-electron chi connectivity index (χ1n) is 19.0. The third-order valence-electron chi connectivity index (χ3n) is 12.0. The third kappa shape index (κ3) is 7.92. The van der Waals surface area contributed by atoms with E-state index in [4.69, 9.17) is 14.0 Å². The molecule has 2 aliphatic rings. The monoisotopic (exact) mass is 894 g/mol. The van der Waals surface area contributed by atoms with Crippen molar-refractivity contribution in [2.24, 2.45) is 0 Å². The van der Waals surface area contributed by atoms with Gasteiger partial charge in [0.15, 0.2) is 0 Å². The molecule has 1 aromatic carbocycles. The van der Waals surface area contributed by atoms with Crippen LogP contribution in [0.5, 0.6) is 0 Å². The first kappa shape index (κ1) is 43.4. The molecular formula is C39H77BrGeSi7. The average Bonchev–Trinajstić information content (AvgIpc) is 2.93. The van der Waals surface area contributed by atoms with Gasteiger partial charge >= 0.3 is 320 Å². The van der Waals surface area contributed by atoms with E-state index in [1.54, 1.807) is 5.57 Å². The second-order valence-corrected chi connectivity index (χ2v) is 77.0. The molecule has 0 radical (unpaired) electrons. The normalized spacial score (nSPS) is 22.0. The van der Waals surface area contributed by atoms with Crippen LogP contribution >= 0.6 is 14.0 Å². The molecule has 1 heterocycles. The first-order valence-corrected chi connectivity index (χ1v) is 52.5. The molecule has 0 saturated heterocycles. The standard InChI is InChI=1S/C39H77BrGeSi7/c1-42(2,3)37(43(4,5)6)33-29-32(39(46(13,14)15,47(16,17)18)48(19,20)21)30-34(38(44(7,8)9)45(10,11)12)36(33)41(40)28-27-31-25-23-22-24-26-35(31)41/h22-24,26-27,29-30,35,37-38H,25,28H2,1-21H3/t35-,41+/m0/s1. The van der Waals surface area contributed by atoms with E-state index in [0.717, 1.165) is 16.7 Å². The second kappa shape index (κ2) is 13.7. The Morgan fingerprint density at radius 3 is 1.31 bits per heavy atom. The van der Waals surface area contributed by atoms with Crippen molar-refractivity contribution < 1.29 is 0 Å². The first-order chi connectivity index (χ1) is 21.1. The van der Waals surface area contributed by atoms with Gasteiger partial charge in [-0.05, 0) is 0 Å². The molecule has 0 amide bonds. The molecule has 48 heavy (non-hydrogen) atoms. The van der Waals surface area contributed by atoms with Gasteiger partial charge in [-0.3, -0.25) is 0 Å². The molecule has 0 bridgehead atoms. The molecule has 1 aromatic rings. The van der Waals surface area contributed by atoms with Crippen LogP contribution in [0, 0.1) is 0 Å². The van der Waals surface area contributed by atoms with Crippen LogP contribution in [0.1, 0.15) is 33.4 Å². The average molecular weight is 895 g/mol. The molecule has 272 valence electrons. The molecule has 3 rings (SSSR count). The van der Waals surface area contributed by atoms with Gasteiger partial charge in [0, 0.05) is 0 Å². The fourth-order valence-electron chi connectivity index (χ4n) is 13.0. The van der Waals surface area contributed by atoms with Gasteiger partial charge in [0.25, 0.3) is 0 Å². The van der Waals surface area contributed by atoms with E-state index in [9.17, 15) is 0 Å². The number of hydrogen-bond acceptors (Lipinski definition) is 0. The molecule has 0 nitrogen and oxygen atoms in total. The van der Waals surface area contributed by atoms with Crippen LogP contribution < -0.4 is 4.40 Å². The molecule has 1 aliphatic carbocycles. The fourth-order valence-corrected chi connectivity index (χ4v) is 83.5. The summed E-state index contributed by atoms with van der Waals surface area (Å²) in [5, 5.41) is 2.76. The van der Waals surface area contributed by atoms with E-state index < -0.39 is 67.9 Å². The van der Waals surface area contributed by atoms with Crippen molar-refractivity contribution in [3.8, 4) is 0 Å². The summed E-state index contributed by atoms with van der Waals surface area (Å²) in [5.41, 5.74) is 7.31. The Labute approximate surface area is 317 Å². The maximum absolute atomic E-state index is 4.97. The Bertz CT molecular complexity index is 1330. The quantitative estimate of drug-likeness (QED) is 0.153. The zero-order valence-electron chi connectivity index (χ0n) is 35.6. The number of fused-ring (bicyclic) bond motifs is 1. The van der Waals surface area contributed by atoms with Crippen molar-refractivity contribution in [3.05, 3.63) is 64.8 Å². The van der Waals surface area contributed by atoms with E-state index in [2.05, 4.69) is 180 Å². The van der Waals surface area contributed by atoms with Crippen LogP contribution in [0.15, 0.2) is 48.1 Å². The number of allylic oxidation sites excluding steroid dienone is 6. The Morgan fingerprint density at radius 1 is 0.604 bits per heavy atom. The maximum atomic E-state index is 4.97. The minimum atomic E-state index is -2.92. The van der Waals surface area contributed by atoms with Crippen LogP contribution in [-0.2, 0) is 4.28 Å². The van der Waals surface area contributed by atoms with Crippen LogP contribution in [0.3, 0.4) is 0 Å². The van der Waals surface area contributed by atoms with E-state index >= 15 is 0 Å². The summed E-state index contributed by atoms with van der Waals surface area (Å²) in [6.07, 6.45) is 13.6. The Balaban J connectivity index is 2.85. The Kier molecular flexibility index (Phi) is 12.4. The van der Waals surface area contributed by atoms with E-state index in [1.807, 2.05) is 21.1 Å². The number of halogens is 1. The topological polar surface area (TPSA) is 0 Å². The zero-order chi connectivity index (χ0) is 37.5. The van der Waals surface area contributed by atoms with Gasteiger partial charge in [0.2, 0.25) is 0 Å². The summed E-state index contributed by atoms with van der Waals surface area (Å²) in [4.78, 5) is 0. The van der Waals surface area contributed by atoms with Crippen molar-refractivity contribution in [1.82, 2.24) is 0 Å². The molecule has 0 N–H and O–H groups in total. The van der Waals surface area contributed by atoms with Gasteiger partial charge < -0.3 is 0 Å². The van der Waals surface area contributed by atoms with Gasteiger partial charge in [-0.15, -0.1) is 0 Å². The fraction of sp³-hybridized carbons (Fsp3) is 0.692. The predicted octanol–water partition coefficient (Wildman–Crippen LogP) is 13.6. The van der Waals surface area contributed by atoms with Gasteiger partial charge in [0.05, 0.1) is 0 Å². The molecule has 2 atom stereocenters. The molecule has 9 heteroatoms. The van der Waals surface area contributed by atoms with Crippen LogP contribution in [-0.4, -0.2) is 67.9 Å².